The van der Waals surface area contributed by atoms with E-state index < -0.39 is 0 Å². The molecule has 0 saturated carbocycles. The monoisotopic (exact) mass is 401 g/mol. The number of esters is 1. The summed E-state index contributed by atoms with van der Waals surface area (Å²) in [6.45, 7) is 8.92. The van der Waals surface area contributed by atoms with Crippen LogP contribution in [0.5, 0.6) is 0 Å². The van der Waals surface area contributed by atoms with Gasteiger partial charge in [0.2, 0.25) is 0 Å². The van der Waals surface area contributed by atoms with E-state index in [2.05, 4.69) is 36.1 Å². The molecule has 0 fully saturated rings. The fraction of sp³-hybridized carbons (Fsp3) is 0.524. The Hall–Kier alpha value is -2.28. The van der Waals surface area contributed by atoms with Crippen molar-refractivity contribution in [2.24, 2.45) is 11.3 Å². The number of ether oxygens (including phenoxy) is 1. The molecule has 0 aromatic carbocycles. The number of carbonyl (C=O) groups excluding carboxylic acids is 2. The zero-order chi connectivity index (χ0) is 20.3. The maximum Gasteiger partial charge on any atom is 0.341 e. The fourth-order valence-corrected chi connectivity index (χ4v) is 4.94. The van der Waals surface area contributed by atoms with Gasteiger partial charge in [-0.05, 0) is 43.1 Å². The third-order valence-electron chi connectivity index (χ3n) is 5.78. The van der Waals surface area contributed by atoms with Crippen molar-refractivity contribution in [2.75, 3.05) is 11.9 Å². The van der Waals surface area contributed by atoms with Crippen LogP contribution in [0.15, 0.2) is 18.6 Å². The second kappa shape index (κ2) is 8.39. The summed E-state index contributed by atoms with van der Waals surface area (Å²) >= 11 is 1.49. The zero-order valence-electron chi connectivity index (χ0n) is 16.9. The average molecular weight is 402 g/mol. The molecule has 0 aliphatic heterocycles. The minimum Gasteiger partial charge on any atom is -0.462 e. The Kier molecular flexibility index (Phi) is 6.13. The van der Waals surface area contributed by atoms with E-state index in [1.807, 2.05) is 0 Å². The predicted molar refractivity (Wildman–Crippen MR) is 110 cm³/mol. The SMILES string of the molecule is CCOC(=O)c1c(NC(=O)c2cnccn2)sc2c1CC[C@@H](C(C)(C)CC)C2. The van der Waals surface area contributed by atoms with Crippen LogP contribution in [0.4, 0.5) is 5.00 Å². The molecule has 150 valence electrons. The first-order valence-corrected chi connectivity index (χ1v) is 10.6. The highest BCUT2D eigenvalue weighted by Crippen LogP contribution is 2.45. The van der Waals surface area contributed by atoms with Crippen molar-refractivity contribution < 1.29 is 14.3 Å². The molecule has 1 aliphatic rings. The van der Waals surface area contributed by atoms with Crippen LogP contribution in [-0.2, 0) is 17.6 Å². The molecule has 1 atom stereocenters. The number of hydrogen-bond donors (Lipinski definition) is 1. The molecule has 3 rings (SSSR count). The number of nitrogens with one attached hydrogen (secondary N) is 1. The summed E-state index contributed by atoms with van der Waals surface area (Å²) in [6.07, 6.45) is 8.29. The van der Waals surface area contributed by atoms with Crippen LogP contribution in [0.2, 0.25) is 0 Å². The van der Waals surface area contributed by atoms with Crippen molar-refractivity contribution in [2.45, 2.75) is 53.4 Å². The number of aromatic nitrogens is 2. The molecule has 2 heterocycles. The average Bonchev–Trinajstić information content (AvgIpc) is 3.05. The molecule has 0 radical (unpaired) electrons. The van der Waals surface area contributed by atoms with Gasteiger partial charge in [0.15, 0.2) is 0 Å². The lowest BCUT2D eigenvalue weighted by atomic mass is 9.69. The van der Waals surface area contributed by atoms with E-state index in [-0.39, 0.29) is 23.0 Å². The summed E-state index contributed by atoms with van der Waals surface area (Å²) in [7, 11) is 0. The van der Waals surface area contributed by atoms with Crippen LogP contribution in [0, 0.1) is 11.3 Å². The zero-order valence-corrected chi connectivity index (χ0v) is 17.7. The lowest BCUT2D eigenvalue weighted by Gasteiger charge is -2.36. The lowest BCUT2D eigenvalue weighted by molar-refractivity contribution is 0.0526. The third kappa shape index (κ3) is 4.09. The van der Waals surface area contributed by atoms with Gasteiger partial charge in [-0.15, -0.1) is 11.3 Å². The Bertz CT molecular complexity index is 861. The standard InChI is InChI=1S/C21H27N3O3S/c1-5-21(3,4)13-7-8-14-16(11-13)28-19(17(14)20(26)27-6-2)24-18(25)15-12-22-9-10-23-15/h9-10,12-13H,5-8,11H2,1-4H3,(H,24,25)/t13-/m1/s1. The highest BCUT2D eigenvalue weighted by atomic mass is 32.1. The van der Waals surface area contributed by atoms with Crippen LogP contribution in [0.1, 0.15) is 71.8 Å². The van der Waals surface area contributed by atoms with E-state index >= 15 is 0 Å². The first-order chi connectivity index (χ1) is 13.4. The Morgan fingerprint density at radius 1 is 1.32 bits per heavy atom. The van der Waals surface area contributed by atoms with Crippen molar-refractivity contribution in [1.29, 1.82) is 0 Å². The molecule has 0 bridgehead atoms. The minimum atomic E-state index is -0.373. The predicted octanol–water partition coefficient (Wildman–Crippen LogP) is 4.51. The quantitative estimate of drug-likeness (QED) is 0.720. The number of carbonyl (C=O) groups is 2. The normalized spacial score (nSPS) is 16.4. The molecule has 1 N–H and O–H groups in total. The van der Waals surface area contributed by atoms with E-state index in [1.54, 1.807) is 6.92 Å². The molecule has 1 aliphatic carbocycles. The number of thiophene rings is 1. The topological polar surface area (TPSA) is 81.2 Å². The van der Waals surface area contributed by atoms with Crippen molar-refractivity contribution >= 4 is 28.2 Å². The molecule has 6 nitrogen and oxygen atoms in total. The third-order valence-corrected chi connectivity index (χ3v) is 6.95. The van der Waals surface area contributed by atoms with Gasteiger partial charge in [0, 0.05) is 17.3 Å². The summed E-state index contributed by atoms with van der Waals surface area (Å²) in [4.78, 5) is 34.4. The van der Waals surface area contributed by atoms with Crippen molar-refractivity contribution in [1.82, 2.24) is 9.97 Å². The molecule has 2 aromatic heterocycles. The first kappa shape index (κ1) is 20.5. The van der Waals surface area contributed by atoms with E-state index in [4.69, 9.17) is 4.74 Å². The lowest BCUT2D eigenvalue weighted by Crippen LogP contribution is -2.28. The Morgan fingerprint density at radius 3 is 2.75 bits per heavy atom. The number of hydrogen-bond acceptors (Lipinski definition) is 6. The summed E-state index contributed by atoms with van der Waals surface area (Å²) < 4.78 is 5.28. The summed E-state index contributed by atoms with van der Waals surface area (Å²) in [5, 5.41) is 3.42. The molecule has 1 amide bonds. The smallest absolute Gasteiger partial charge is 0.341 e. The van der Waals surface area contributed by atoms with Gasteiger partial charge in [-0.1, -0.05) is 27.2 Å². The highest BCUT2D eigenvalue weighted by Gasteiger charge is 2.35. The van der Waals surface area contributed by atoms with Gasteiger partial charge in [0.25, 0.3) is 5.91 Å². The van der Waals surface area contributed by atoms with Crippen LogP contribution in [0.3, 0.4) is 0 Å². The Morgan fingerprint density at radius 2 is 2.11 bits per heavy atom. The Labute approximate surface area is 169 Å². The van der Waals surface area contributed by atoms with Crippen LogP contribution in [0.25, 0.3) is 0 Å². The van der Waals surface area contributed by atoms with Crippen LogP contribution >= 0.6 is 11.3 Å². The Balaban J connectivity index is 1.94. The maximum absolute atomic E-state index is 12.7. The van der Waals surface area contributed by atoms with E-state index in [1.165, 1.54) is 34.8 Å². The van der Waals surface area contributed by atoms with Gasteiger partial charge in [-0.25, -0.2) is 9.78 Å². The van der Waals surface area contributed by atoms with E-state index in [0.717, 1.165) is 31.2 Å². The molecule has 0 saturated heterocycles. The van der Waals surface area contributed by atoms with E-state index in [0.29, 0.717) is 23.1 Å². The molecular weight excluding hydrogens is 374 g/mol. The second-order valence-electron chi connectivity index (χ2n) is 7.76. The largest absolute Gasteiger partial charge is 0.462 e. The summed E-state index contributed by atoms with van der Waals surface area (Å²) in [5.74, 6) is -0.187. The summed E-state index contributed by atoms with van der Waals surface area (Å²) in [6, 6.07) is 0. The van der Waals surface area contributed by atoms with Crippen molar-refractivity contribution in [3.63, 3.8) is 0 Å². The van der Waals surface area contributed by atoms with Gasteiger partial charge in [0.1, 0.15) is 10.7 Å². The van der Waals surface area contributed by atoms with Crippen LogP contribution in [-0.4, -0.2) is 28.5 Å². The van der Waals surface area contributed by atoms with Crippen molar-refractivity contribution in [3.8, 4) is 0 Å². The van der Waals surface area contributed by atoms with E-state index in [9.17, 15) is 9.59 Å². The van der Waals surface area contributed by atoms with Gasteiger partial charge < -0.3 is 10.1 Å². The number of nitrogens with zero attached hydrogens (tertiary/aromatic N) is 2. The minimum absolute atomic E-state index is 0.216. The maximum atomic E-state index is 12.7. The van der Waals surface area contributed by atoms with Crippen molar-refractivity contribution in [3.05, 3.63) is 40.3 Å². The number of rotatable bonds is 6. The highest BCUT2D eigenvalue weighted by molar-refractivity contribution is 7.17. The molecule has 2 aromatic rings. The number of amides is 1. The summed E-state index contributed by atoms with van der Waals surface area (Å²) in [5.41, 5.74) is 2.00. The van der Waals surface area contributed by atoms with Gasteiger partial charge in [0.05, 0.1) is 18.4 Å². The molecule has 7 heteroatoms. The number of fused-ring (bicyclic) bond motifs is 1. The van der Waals surface area contributed by atoms with Gasteiger partial charge in [-0.3, -0.25) is 9.78 Å². The first-order valence-electron chi connectivity index (χ1n) is 9.76. The molecule has 0 unspecified atom stereocenters. The second-order valence-corrected chi connectivity index (χ2v) is 8.86. The van der Waals surface area contributed by atoms with Gasteiger partial charge in [-0.2, -0.15) is 0 Å². The fourth-order valence-electron chi connectivity index (χ4n) is 3.63. The van der Waals surface area contributed by atoms with Crippen LogP contribution < -0.4 is 5.32 Å². The number of anilines is 1. The molecule has 0 spiro atoms. The molecular formula is C21H27N3O3S. The molecule has 28 heavy (non-hydrogen) atoms. The van der Waals surface area contributed by atoms with Gasteiger partial charge >= 0.3 is 5.97 Å².